The molecule has 27 heavy (non-hydrogen) atoms. The molecule has 0 unspecified atom stereocenters. The van der Waals surface area contributed by atoms with Gasteiger partial charge < -0.3 is 4.74 Å². The molecule has 1 aliphatic carbocycles. The minimum Gasteiger partial charge on any atom is -0.482 e. The van der Waals surface area contributed by atoms with E-state index in [1.807, 2.05) is 0 Å². The molecule has 3 aromatic carbocycles. The summed E-state index contributed by atoms with van der Waals surface area (Å²) in [6.07, 6.45) is 0. The highest BCUT2D eigenvalue weighted by Crippen LogP contribution is 2.57. The Morgan fingerprint density at radius 1 is 0.630 bits per heavy atom. The van der Waals surface area contributed by atoms with Gasteiger partial charge in [-0.15, -0.1) is 0 Å². The van der Waals surface area contributed by atoms with E-state index < -0.39 is 0 Å². The van der Waals surface area contributed by atoms with Crippen molar-refractivity contribution in [2.45, 2.75) is 26.4 Å². The number of benzene rings is 3. The standard InChI is InChI=1S/C26H22O/c1-17-13-15-19(16-14-17)25-23-21-12-8-7-11-20(21)22(18-9-5-4-6-10-18)24(23)26(2,3)27-25/h4-16H,1-3H3. The third-order valence-corrected chi connectivity index (χ3v) is 5.53. The van der Waals surface area contributed by atoms with Gasteiger partial charge in [-0.3, -0.25) is 0 Å². The van der Waals surface area contributed by atoms with Crippen molar-refractivity contribution < 1.29 is 4.74 Å². The van der Waals surface area contributed by atoms with Crippen molar-refractivity contribution in [2.75, 3.05) is 0 Å². The molecule has 0 spiro atoms. The lowest BCUT2D eigenvalue weighted by atomic mass is 9.89. The lowest BCUT2D eigenvalue weighted by molar-refractivity contribution is 0.133. The fourth-order valence-corrected chi connectivity index (χ4v) is 4.32. The highest BCUT2D eigenvalue weighted by atomic mass is 16.5. The number of hydrogen-bond donors (Lipinski definition) is 0. The summed E-state index contributed by atoms with van der Waals surface area (Å²) < 4.78 is 6.57. The van der Waals surface area contributed by atoms with Crippen molar-refractivity contribution in [3.63, 3.8) is 0 Å². The molecule has 0 radical (unpaired) electrons. The van der Waals surface area contributed by atoms with E-state index in [0.29, 0.717) is 0 Å². The molecule has 1 aliphatic heterocycles. The molecule has 0 saturated heterocycles. The van der Waals surface area contributed by atoms with Gasteiger partial charge in [0, 0.05) is 16.7 Å². The Morgan fingerprint density at radius 3 is 1.89 bits per heavy atom. The number of fused-ring (bicyclic) bond motifs is 3. The maximum atomic E-state index is 6.57. The van der Waals surface area contributed by atoms with Gasteiger partial charge in [-0.1, -0.05) is 84.4 Å². The maximum Gasteiger partial charge on any atom is 0.136 e. The van der Waals surface area contributed by atoms with Crippen LogP contribution in [-0.4, -0.2) is 5.60 Å². The van der Waals surface area contributed by atoms with Gasteiger partial charge >= 0.3 is 0 Å². The third kappa shape index (κ3) is 2.39. The van der Waals surface area contributed by atoms with E-state index in [9.17, 15) is 0 Å². The minimum absolute atomic E-state index is 0.375. The first kappa shape index (κ1) is 16.1. The number of ether oxygens (including phenoxy) is 1. The van der Waals surface area contributed by atoms with Crippen LogP contribution in [0.2, 0.25) is 0 Å². The molecule has 0 saturated carbocycles. The van der Waals surface area contributed by atoms with Gasteiger partial charge in [-0.25, -0.2) is 0 Å². The van der Waals surface area contributed by atoms with E-state index in [0.717, 1.165) is 11.3 Å². The van der Waals surface area contributed by atoms with Crippen LogP contribution in [0.15, 0.2) is 84.4 Å². The van der Waals surface area contributed by atoms with Gasteiger partial charge in [-0.2, -0.15) is 0 Å². The number of aryl methyl sites for hydroxylation is 1. The zero-order valence-electron chi connectivity index (χ0n) is 15.9. The van der Waals surface area contributed by atoms with Crippen LogP contribution in [0.1, 0.15) is 41.7 Å². The zero-order chi connectivity index (χ0) is 18.6. The Morgan fingerprint density at radius 2 is 1.22 bits per heavy atom. The molecular weight excluding hydrogens is 328 g/mol. The van der Waals surface area contributed by atoms with E-state index in [4.69, 9.17) is 4.74 Å². The van der Waals surface area contributed by atoms with Gasteiger partial charge in [0.15, 0.2) is 0 Å². The molecule has 0 bridgehead atoms. The maximum absolute atomic E-state index is 6.57. The first-order valence-electron chi connectivity index (χ1n) is 9.47. The number of hydrogen-bond acceptors (Lipinski definition) is 1. The monoisotopic (exact) mass is 350 g/mol. The fourth-order valence-electron chi connectivity index (χ4n) is 4.32. The second-order valence-corrected chi connectivity index (χ2v) is 7.84. The summed E-state index contributed by atoms with van der Waals surface area (Å²) in [6.45, 7) is 6.47. The Bertz CT molecular complexity index is 1100. The van der Waals surface area contributed by atoms with Crippen molar-refractivity contribution in [3.8, 4) is 0 Å². The lowest BCUT2D eigenvalue weighted by Crippen LogP contribution is -2.21. The fraction of sp³-hybridized carbons (Fsp3) is 0.154. The highest BCUT2D eigenvalue weighted by molar-refractivity contribution is 6.14. The summed E-state index contributed by atoms with van der Waals surface area (Å²) in [7, 11) is 0. The van der Waals surface area contributed by atoms with Crippen molar-refractivity contribution in [3.05, 3.63) is 112 Å². The largest absolute Gasteiger partial charge is 0.482 e. The van der Waals surface area contributed by atoms with Crippen LogP contribution in [0, 0.1) is 6.92 Å². The minimum atomic E-state index is -0.375. The predicted molar refractivity (Wildman–Crippen MR) is 112 cm³/mol. The number of rotatable bonds is 2. The average molecular weight is 350 g/mol. The molecule has 1 heteroatoms. The first-order chi connectivity index (χ1) is 13.1. The Kier molecular flexibility index (Phi) is 3.42. The van der Waals surface area contributed by atoms with Crippen LogP contribution in [0.3, 0.4) is 0 Å². The molecule has 1 heterocycles. The van der Waals surface area contributed by atoms with E-state index >= 15 is 0 Å². The molecule has 0 amide bonds. The van der Waals surface area contributed by atoms with Crippen LogP contribution >= 0.6 is 0 Å². The van der Waals surface area contributed by atoms with E-state index in [2.05, 4.69) is 99.6 Å². The average Bonchev–Trinajstić information content (AvgIpc) is 3.17. The van der Waals surface area contributed by atoms with Gasteiger partial charge in [0.25, 0.3) is 0 Å². The molecular formula is C26H22O. The summed E-state index contributed by atoms with van der Waals surface area (Å²) in [5, 5.41) is 0. The zero-order valence-corrected chi connectivity index (χ0v) is 15.9. The Hall–Kier alpha value is -3.06. The van der Waals surface area contributed by atoms with Crippen molar-refractivity contribution in [1.29, 1.82) is 0 Å². The van der Waals surface area contributed by atoms with Gasteiger partial charge in [0.1, 0.15) is 11.4 Å². The Balaban J connectivity index is 1.85. The third-order valence-electron chi connectivity index (χ3n) is 5.53. The van der Waals surface area contributed by atoms with Gasteiger partial charge in [-0.05, 0) is 43.0 Å². The molecule has 5 rings (SSSR count). The first-order valence-corrected chi connectivity index (χ1v) is 9.47. The summed E-state index contributed by atoms with van der Waals surface area (Å²) >= 11 is 0. The van der Waals surface area contributed by atoms with Crippen molar-refractivity contribution >= 4 is 16.9 Å². The summed E-state index contributed by atoms with van der Waals surface area (Å²) in [6, 6.07) is 28.0. The van der Waals surface area contributed by atoms with Gasteiger partial charge in [0.2, 0.25) is 0 Å². The molecule has 1 nitrogen and oxygen atoms in total. The summed E-state index contributed by atoms with van der Waals surface area (Å²) in [4.78, 5) is 0. The van der Waals surface area contributed by atoms with E-state index in [1.165, 1.54) is 39.0 Å². The van der Waals surface area contributed by atoms with Crippen molar-refractivity contribution in [2.24, 2.45) is 0 Å². The second-order valence-electron chi connectivity index (χ2n) is 7.84. The van der Waals surface area contributed by atoms with Crippen LogP contribution in [0.5, 0.6) is 0 Å². The van der Waals surface area contributed by atoms with Crippen LogP contribution in [-0.2, 0) is 4.74 Å². The van der Waals surface area contributed by atoms with Crippen LogP contribution < -0.4 is 0 Å². The SMILES string of the molecule is Cc1ccc(C2=C3C(=C(c4ccccc4)c4ccccc43)C(C)(C)O2)cc1. The predicted octanol–water partition coefficient (Wildman–Crippen LogP) is 6.49. The molecule has 2 aliphatic rings. The van der Waals surface area contributed by atoms with Crippen LogP contribution in [0.4, 0.5) is 0 Å². The molecule has 0 fully saturated rings. The van der Waals surface area contributed by atoms with Crippen LogP contribution in [0.25, 0.3) is 16.9 Å². The molecule has 0 aromatic heterocycles. The molecule has 0 N–H and O–H groups in total. The van der Waals surface area contributed by atoms with Gasteiger partial charge in [0.05, 0.1) is 0 Å². The second kappa shape index (κ2) is 5.72. The Labute approximate surface area is 160 Å². The topological polar surface area (TPSA) is 9.23 Å². The normalized spacial score (nSPS) is 17.0. The highest BCUT2D eigenvalue weighted by Gasteiger charge is 2.45. The van der Waals surface area contributed by atoms with E-state index in [-0.39, 0.29) is 5.60 Å². The van der Waals surface area contributed by atoms with Crippen molar-refractivity contribution in [1.82, 2.24) is 0 Å². The summed E-state index contributed by atoms with van der Waals surface area (Å²) in [5.74, 6) is 0.994. The van der Waals surface area contributed by atoms with E-state index in [1.54, 1.807) is 0 Å². The smallest absolute Gasteiger partial charge is 0.136 e. The lowest BCUT2D eigenvalue weighted by Gasteiger charge is -2.24. The quantitative estimate of drug-likeness (QED) is 0.513. The molecule has 0 atom stereocenters. The summed E-state index contributed by atoms with van der Waals surface area (Å²) in [5.41, 5.74) is 9.69. The molecule has 132 valence electrons. The molecule has 3 aromatic rings.